The molecule has 2 N–H and O–H groups in total. The third-order valence-corrected chi connectivity index (χ3v) is 2.95. The highest BCUT2D eigenvalue weighted by molar-refractivity contribution is 5.76. The van der Waals surface area contributed by atoms with Gasteiger partial charge in [-0.3, -0.25) is 0 Å². The maximum absolute atomic E-state index is 11.1. The zero-order valence-corrected chi connectivity index (χ0v) is 11.6. The number of hydrogen-bond donors (Lipinski definition) is 2. The Morgan fingerprint density at radius 2 is 1.95 bits per heavy atom. The SMILES string of the molecule is Cc1ccc(-c2noc(N[C@@H](C(=O)O)C(C)C)n2)cc1. The number of benzene rings is 1. The Morgan fingerprint density at radius 3 is 2.50 bits per heavy atom. The van der Waals surface area contributed by atoms with Gasteiger partial charge in [0.2, 0.25) is 5.82 Å². The average molecular weight is 275 g/mol. The Labute approximate surface area is 116 Å². The Kier molecular flexibility index (Phi) is 4.02. The van der Waals surface area contributed by atoms with Crippen molar-refractivity contribution in [1.29, 1.82) is 0 Å². The van der Waals surface area contributed by atoms with Gasteiger partial charge in [0.1, 0.15) is 6.04 Å². The summed E-state index contributed by atoms with van der Waals surface area (Å²) in [5.41, 5.74) is 1.96. The molecule has 106 valence electrons. The first-order valence-electron chi connectivity index (χ1n) is 6.37. The number of nitrogens with zero attached hydrogens (tertiary/aromatic N) is 2. The van der Waals surface area contributed by atoms with E-state index < -0.39 is 12.0 Å². The van der Waals surface area contributed by atoms with Gasteiger partial charge in [0.25, 0.3) is 0 Å². The van der Waals surface area contributed by atoms with Crippen LogP contribution in [0, 0.1) is 12.8 Å². The number of carboxylic acid groups (broad SMARTS) is 1. The fraction of sp³-hybridized carbons (Fsp3) is 0.357. The van der Waals surface area contributed by atoms with E-state index in [0.29, 0.717) is 5.82 Å². The number of hydrogen-bond acceptors (Lipinski definition) is 5. The number of carbonyl (C=O) groups is 1. The van der Waals surface area contributed by atoms with Gasteiger partial charge in [-0.25, -0.2) is 4.79 Å². The van der Waals surface area contributed by atoms with E-state index in [4.69, 9.17) is 9.63 Å². The number of anilines is 1. The van der Waals surface area contributed by atoms with Crippen LogP contribution in [0.5, 0.6) is 0 Å². The fourth-order valence-electron chi connectivity index (χ4n) is 1.75. The van der Waals surface area contributed by atoms with E-state index in [1.807, 2.05) is 45.0 Å². The van der Waals surface area contributed by atoms with E-state index in [1.165, 1.54) is 0 Å². The number of aryl methyl sites for hydroxylation is 1. The van der Waals surface area contributed by atoms with Crippen molar-refractivity contribution in [1.82, 2.24) is 10.1 Å². The van der Waals surface area contributed by atoms with Crippen molar-refractivity contribution in [3.8, 4) is 11.4 Å². The molecule has 1 aromatic heterocycles. The summed E-state index contributed by atoms with van der Waals surface area (Å²) in [5, 5.41) is 15.7. The number of carboxylic acids is 1. The Balaban J connectivity index is 2.16. The number of aliphatic carboxylic acids is 1. The molecule has 6 heteroatoms. The Morgan fingerprint density at radius 1 is 1.30 bits per heavy atom. The van der Waals surface area contributed by atoms with Gasteiger partial charge in [-0.05, 0) is 12.8 Å². The molecular weight excluding hydrogens is 258 g/mol. The standard InChI is InChI=1S/C14H17N3O3/c1-8(2)11(13(18)19)15-14-16-12(17-20-14)10-6-4-9(3)5-7-10/h4-8,11H,1-3H3,(H,18,19)(H,15,16,17)/t11-/m1/s1. The van der Waals surface area contributed by atoms with Crippen molar-refractivity contribution in [3.63, 3.8) is 0 Å². The minimum absolute atomic E-state index is 0.0952. The molecule has 0 bridgehead atoms. The van der Waals surface area contributed by atoms with Crippen LogP contribution < -0.4 is 5.32 Å². The van der Waals surface area contributed by atoms with Crippen LogP contribution in [-0.2, 0) is 4.79 Å². The van der Waals surface area contributed by atoms with E-state index in [9.17, 15) is 4.79 Å². The van der Waals surface area contributed by atoms with Gasteiger partial charge in [0.15, 0.2) is 0 Å². The lowest BCUT2D eigenvalue weighted by Crippen LogP contribution is -2.34. The van der Waals surface area contributed by atoms with Crippen LogP contribution in [0.1, 0.15) is 19.4 Å². The highest BCUT2D eigenvalue weighted by Gasteiger charge is 2.23. The molecule has 0 spiro atoms. The molecule has 20 heavy (non-hydrogen) atoms. The van der Waals surface area contributed by atoms with Crippen molar-refractivity contribution in [2.75, 3.05) is 5.32 Å². The summed E-state index contributed by atoms with van der Waals surface area (Å²) in [6, 6.07) is 7.03. The van der Waals surface area contributed by atoms with Crippen LogP contribution in [0.4, 0.5) is 6.01 Å². The van der Waals surface area contributed by atoms with Gasteiger partial charge in [0.05, 0.1) is 0 Å². The molecule has 1 heterocycles. The number of nitrogens with one attached hydrogen (secondary N) is 1. The van der Waals surface area contributed by atoms with Crippen molar-refractivity contribution < 1.29 is 14.4 Å². The molecule has 0 aliphatic heterocycles. The molecule has 0 aliphatic carbocycles. The third kappa shape index (κ3) is 3.14. The van der Waals surface area contributed by atoms with Crippen LogP contribution in [-0.4, -0.2) is 27.3 Å². The molecule has 0 aliphatic rings. The van der Waals surface area contributed by atoms with Gasteiger partial charge >= 0.3 is 12.0 Å². The smallest absolute Gasteiger partial charge is 0.326 e. The predicted octanol–water partition coefficient (Wildman–Crippen LogP) is 2.57. The lowest BCUT2D eigenvalue weighted by atomic mass is 10.1. The molecule has 6 nitrogen and oxygen atoms in total. The third-order valence-electron chi connectivity index (χ3n) is 2.95. The Bertz CT molecular complexity index is 590. The molecule has 0 radical (unpaired) electrons. The van der Waals surface area contributed by atoms with Crippen LogP contribution in [0.3, 0.4) is 0 Å². The molecule has 2 aromatic rings. The molecule has 2 rings (SSSR count). The predicted molar refractivity (Wildman–Crippen MR) is 74.4 cm³/mol. The van der Waals surface area contributed by atoms with Gasteiger partial charge in [0, 0.05) is 5.56 Å². The summed E-state index contributed by atoms with van der Waals surface area (Å²) in [5.74, 6) is -0.613. The monoisotopic (exact) mass is 275 g/mol. The second-order valence-corrected chi connectivity index (χ2v) is 4.99. The quantitative estimate of drug-likeness (QED) is 0.871. The topological polar surface area (TPSA) is 88.2 Å². The lowest BCUT2D eigenvalue weighted by Gasteiger charge is -2.15. The second kappa shape index (κ2) is 5.73. The zero-order chi connectivity index (χ0) is 14.7. The van der Waals surface area contributed by atoms with Crippen LogP contribution in [0.2, 0.25) is 0 Å². The van der Waals surface area contributed by atoms with Crippen molar-refractivity contribution in [3.05, 3.63) is 29.8 Å². The Hall–Kier alpha value is -2.37. The van der Waals surface area contributed by atoms with Crippen LogP contribution in [0.15, 0.2) is 28.8 Å². The molecule has 1 aromatic carbocycles. The first-order valence-corrected chi connectivity index (χ1v) is 6.37. The summed E-state index contributed by atoms with van der Waals surface area (Å²) in [4.78, 5) is 15.3. The summed E-state index contributed by atoms with van der Waals surface area (Å²) in [7, 11) is 0. The molecule has 1 atom stereocenters. The van der Waals surface area contributed by atoms with Crippen LogP contribution >= 0.6 is 0 Å². The molecule has 0 fully saturated rings. The maximum atomic E-state index is 11.1. The normalized spacial score (nSPS) is 12.4. The molecule has 0 unspecified atom stereocenters. The van der Waals surface area contributed by atoms with E-state index in [2.05, 4.69) is 15.5 Å². The van der Waals surface area contributed by atoms with E-state index in [1.54, 1.807) is 0 Å². The number of aromatic nitrogens is 2. The van der Waals surface area contributed by atoms with E-state index in [0.717, 1.165) is 11.1 Å². The molecular formula is C14H17N3O3. The summed E-state index contributed by atoms with van der Waals surface area (Å²) in [6.45, 7) is 5.61. The summed E-state index contributed by atoms with van der Waals surface area (Å²) in [6.07, 6.45) is 0. The lowest BCUT2D eigenvalue weighted by molar-refractivity contribution is -0.138. The van der Waals surface area contributed by atoms with Crippen LogP contribution in [0.25, 0.3) is 11.4 Å². The molecule has 0 saturated carbocycles. The summed E-state index contributed by atoms with van der Waals surface area (Å²) >= 11 is 0. The largest absolute Gasteiger partial charge is 0.480 e. The van der Waals surface area contributed by atoms with Gasteiger partial charge in [-0.1, -0.05) is 48.8 Å². The van der Waals surface area contributed by atoms with Gasteiger partial charge in [-0.2, -0.15) is 4.98 Å². The van der Waals surface area contributed by atoms with Crippen molar-refractivity contribution in [2.45, 2.75) is 26.8 Å². The van der Waals surface area contributed by atoms with E-state index >= 15 is 0 Å². The van der Waals surface area contributed by atoms with Crippen molar-refractivity contribution >= 4 is 12.0 Å². The first-order chi connectivity index (χ1) is 9.47. The minimum Gasteiger partial charge on any atom is -0.480 e. The number of rotatable bonds is 5. The maximum Gasteiger partial charge on any atom is 0.326 e. The average Bonchev–Trinajstić information content (AvgIpc) is 2.84. The fourth-order valence-corrected chi connectivity index (χ4v) is 1.75. The van der Waals surface area contributed by atoms with E-state index in [-0.39, 0.29) is 11.9 Å². The molecule has 0 amide bonds. The first kappa shape index (κ1) is 14.0. The highest BCUT2D eigenvalue weighted by Crippen LogP contribution is 2.19. The van der Waals surface area contributed by atoms with Crippen molar-refractivity contribution in [2.24, 2.45) is 5.92 Å². The minimum atomic E-state index is -0.949. The molecule has 0 saturated heterocycles. The van der Waals surface area contributed by atoms with Gasteiger partial charge < -0.3 is 14.9 Å². The zero-order valence-electron chi connectivity index (χ0n) is 11.6. The van der Waals surface area contributed by atoms with Gasteiger partial charge in [-0.15, -0.1) is 0 Å². The summed E-state index contributed by atoms with van der Waals surface area (Å²) < 4.78 is 5.04. The second-order valence-electron chi connectivity index (χ2n) is 4.99. The highest BCUT2D eigenvalue weighted by atomic mass is 16.5.